The van der Waals surface area contributed by atoms with Gasteiger partial charge in [-0.1, -0.05) is 11.2 Å². The average molecular weight is 352 g/mol. The molecule has 2 aromatic heterocycles. The van der Waals surface area contributed by atoms with Gasteiger partial charge in [-0.15, -0.1) is 0 Å². The van der Waals surface area contributed by atoms with Crippen LogP contribution >= 0.6 is 0 Å². The van der Waals surface area contributed by atoms with Crippen molar-refractivity contribution >= 4 is 5.69 Å². The summed E-state index contributed by atoms with van der Waals surface area (Å²) >= 11 is 0. The van der Waals surface area contributed by atoms with Crippen molar-refractivity contribution in [2.24, 2.45) is 0 Å². The van der Waals surface area contributed by atoms with E-state index >= 15 is 0 Å². The monoisotopic (exact) mass is 352 g/mol. The summed E-state index contributed by atoms with van der Waals surface area (Å²) in [5, 5.41) is 6.25. The van der Waals surface area contributed by atoms with Gasteiger partial charge in [-0.25, -0.2) is 4.39 Å². The van der Waals surface area contributed by atoms with Gasteiger partial charge in [0.05, 0.1) is 17.4 Å². The van der Waals surface area contributed by atoms with Crippen molar-refractivity contribution in [3.63, 3.8) is 0 Å². The fourth-order valence-electron chi connectivity index (χ4n) is 2.07. The number of hydrogen-bond donors (Lipinski definition) is 1. The summed E-state index contributed by atoms with van der Waals surface area (Å²) in [5.41, 5.74) is 2.07. The number of aryl methyl sites for hydroxylation is 1. The summed E-state index contributed by atoms with van der Waals surface area (Å²) in [5.74, 6) is -2.71. The smallest absolute Gasteiger partial charge is 0.380 e. The minimum absolute atomic E-state index is 0.167. The molecule has 1 aromatic carbocycles. The topological polar surface area (TPSA) is 63.8 Å². The van der Waals surface area contributed by atoms with E-state index in [-0.39, 0.29) is 5.56 Å². The molecule has 0 aliphatic heterocycles. The van der Waals surface area contributed by atoms with Gasteiger partial charge in [-0.2, -0.15) is 18.2 Å². The molecule has 3 rings (SSSR count). The molecule has 0 saturated carbocycles. The molecule has 0 spiro atoms. The first-order valence-electron chi connectivity index (χ1n) is 7.19. The third-order valence-electron chi connectivity index (χ3n) is 3.35. The summed E-state index contributed by atoms with van der Waals surface area (Å²) in [6, 6.07) is 7.75. The van der Waals surface area contributed by atoms with Crippen molar-refractivity contribution in [2.45, 2.75) is 19.6 Å². The molecule has 0 aliphatic carbocycles. The Morgan fingerprint density at radius 3 is 2.56 bits per heavy atom. The van der Waals surface area contributed by atoms with Gasteiger partial charge in [0.25, 0.3) is 0 Å². The van der Waals surface area contributed by atoms with Gasteiger partial charge >= 0.3 is 12.1 Å². The van der Waals surface area contributed by atoms with Crippen LogP contribution in [0.2, 0.25) is 0 Å². The summed E-state index contributed by atoms with van der Waals surface area (Å²) < 4.78 is 55.7. The zero-order valence-corrected chi connectivity index (χ0v) is 12.9. The lowest BCUT2D eigenvalue weighted by Gasteiger charge is -2.07. The van der Waals surface area contributed by atoms with Crippen LogP contribution in [-0.4, -0.2) is 15.1 Å². The van der Waals surface area contributed by atoms with Crippen molar-refractivity contribution in [3.05, 3.63) is 59.5 Å². The molecule has 0 aliphatic rings. The molecule has 130 valence electrons. The highest BCUT2D eigenvalue weighted by Crippen LogP contribution is 2.30. The maximum atomic E-state index is 14.2. The van der Waals surface area contributed by atoms with Gasteiger partial charge in [-0.3, -0.25) is 4.98 Å². The third-order valence-corrected chi connectivity index (χ3v) is 3.35. The number of benzene rings is 1. The van der Waals surface area contributed by atoms with E-state index in [1.165, 1.54) is 12.1 Å². The van der Waals surface area contributed by atoms with Gasteiger partial charge in [0.1, 0.15) is 5.82 Å². The Balaban J connectivity index is 1.74. The maximum Gasteiger partial charge on any atom is 0.471 e. The standard InChI is InChI=1S/C16H12F4N4O/c1-9-2-4-11(8-21-9)22-7-10-3-5-12(13(17)6-10)14-23-15(25-24-14)16(18,19)20/h2-6,8,22H,7H2,1H3. The van der Waals surface area contributed by atoms with Crippen LogP contribution in [-0.2, 0) is 12.7 Å². The predicted molar refractivity (Wildman–Crippen MR) is 81.0 cm³/mol. The molecule has 9 heteroatoms. The lowest BCUT2D eigenvalue weighted by molar-refractivity contribution is -0.159. The van der Waals surface area contributed by atoms with Crippen LogP contribution in [0.15, 0.2) is 41.1 Å². The molecule has 0 saturated heterocycles. The molecule has 1 N–H and O–H groups in total. The second kappa shape index (κ2) is 6.50. The summed E-state index contributed by atoms with van der Waals surface area (Å²) in [4.78, 5) is 7.31. The number of alkyl halides is 3. The molecule has 0 radical (unpaired) electrons. The Bertz CT molecular complexity index is 875. The second-order valence-corrected chi connectivity index (χ2v) is 5.28. The van der Waals surface area contributed by atoms with Gasteiger partial charge in [0.15, 0.2) is 0 Å². The lowest BCUT2D eigenvalue weighted by Crippen LogP contribution is -2.05. The van der Waals surface area contributed by atoms with Crippen molar-refractivity contribution in [2.75, 3.05) is 5.32 Å². The lowest BCUT2D eigenvalue weighted by atomic mass is 10.1. The van der Waals surface area contributed by atoms with Crippen molar-refractivity contribution in [3.8, 4) is 11.4 Å². The first kappa shape index (κ1) is 16.9. The fourth-order valence-corrected chi connectivity index (χ4v) is 2.07. The van der Waals surface area contributed by atoms with Crippen LogP contribution in [0.3, 0.4) is 0 Å². The van der Waals surface area contributed by atoms with E-state index in [1.807, 2.05) is 19.1 Å². The van der Waals surface area contributed by atoms with Crippen LogP contribution in [0.1, 0.15) is 17.1 Å². The number of rotatable bonds is 4. The number of anilines is 1. The zero-order valence-electron chi connectivity index (χ0n) is 12.9. The largest absolute Gasteiger partial charge is 0.471 e. The average Bonchev–Trinajstić information content (AvgIpc) is 3.04. The van der Waals surface area contributed by atoms with Gasteiger partial charge in [0, 0.05) is 12.2 Å². The van der Waals surface area contributed by atoms with E-state index in [2.05, 4.69) is 25.0 Å². The summed E-state index contributed by atoms with van der Waals surface area (Å²) in [7, 11) is 0. The Morgan fingerprint density at radius 1 is 1.16 bits per heavy atom. The SMILES string of the molecule is Cc1ccc(NCc2ccc(-c3noc(C(F)(F)F)n3)c(F)c2)cn1. The Labute approximate surface area is 139 Å². The molecule has 0 amide bonds. The summed E-state index contributed by atoms with van der Waals surface area (Å²) in [6.45, 7) is 2.18. The van der Waals surface area contributed by atoms with E-state index in [1.54, 1.807) is 12.3 Å². The van der Waals surface area contributed by atoms with E-state index in [4.69, 9.17) is 0 Å². The fraction of sp³-hybridized carbons (Fsp3) is 0.188. The van der Waals surface area contributed by atoms with E-state index < -0.39 is 23.7 Å². The molecule has 0 atom stereocenters. The van der Waals surface area contributed by atoms with Crippen molar-refractivity contribution in [1.29, 1.82) is 0 Å². The Morgan fingerprint density at radius 2 is 1.96 bits per heavy atom. The molecular weight excluding hydrogens is 340 g/mol. The molecule has 0 unspecified atom stereocenters. The predicted octanol–water partition coefficient (Wildman–Crippen LogP) is 4.21. The number of pyridine rings is 1. The highest BCUT2D eigenvalue weighted by atomic mass is 19.4. The molecular formula is C16H12F4N4O. The normalized spacial score (nSPS) is 11.6. The highest BCUT2D eigenvalue weighted by Gasteiger charge is 2.38. The van der Waals surface area contributed by atoms with Crippen LogP contribution in [0.5, 0.6) is 0 Å². The molecule has 5 nitrogen and oxygen atoms in total. The molecule has 3 aromatic rings. The van der Waals surface area contributed by atoms with E-state index in [0.717, 1.165) is 11.4 Å². The first-order valence-corrected chi connectivity index (χ1v) is 7.19. The number of nitrogens with one attached hydrogen (secondary N) is 1. The summed E-state index contributed by atoms with van der Waals surface area (Å²) in [6.07, 6.45) is -3.12. The molecule has 2 heterocycles. The first-order chi connectivity index (χ1) is 11.8. The second-order valence-electron chi connectivity index (χ2n) is 5.28. The number of hydrogen-bond acceptors (Lipinski definition) is 5. The molecule has 0 fully saturated rings. The van der Waals surface area contributed by atoms with E-state index in [0.29, 0.717) is 12.1 Å². The van der Waals surface area contributed by atoms with Gasteiger partial charge < -0.3 is 9.84 Å². The third kappa shape index (κ3) is 3.93. The minimum atomic E-state index is -4.77. The minimum Gasteiger partial charge on any atom is -0.380 e. The zero-order chi connectivity index (χ0) is 18.0. The highest BCUT2D eigenvalue weighted by molar-refractivity contribution is 5.56. The van der Waals surface area contributed by atoms with E-state index in [9.17, 15) is 17.6 Å². The number of halogens is 4. The Hall–Kier alpha value is -2.97. The van der Waals surface area contributed by atoms with Crippen LogP contribution in [0.25, 0.3) is 11.4 Å². The Kier molecular flexibility index (Phi) is 4.39. The van der Waals surface area contributed by atoms with Gasteiger partial charge in [0.2, 0.25) is 5.82 Å². The molecule has 25 heavy (non-hydrogen) atoms. The van der Waals surface area contributed by atoms with Crippen LogP contribution in [0, 0.1) is 12.7 Å². The number of nitrogens with zero attached hydrogens (tertiary/aromatic N) is 3. The number of aromatic nitrogens is 3. The molecule has 0 bridgehead atoms. The quantitative estimate of drug-likeness (QED) is 0.713. The van der Waals surface area contributed by atoms with Crippen LogP contribution < -0.4 is 5.32 Å². The van der Waals surface area contributed by atoms with Gasteiger partial charge in [-0.05, 0) is 36.8 Å². The maximum absolute atomic E-state index is 14.2. The van der Waals surface area contributed by atoms with Crippen molar-refractivity contribution < 1.29 is 22.1 Å². The van der Waals surface area contributed by atoms with Crippen molar-refractivity contribution in [1.82, 2.24) is 15.1 Å². The van der Waals surface area contributed by atoms with Crippen LogP contribution in [0.4, 0.5) is 23.2 Å².